The van der Waals surface area contributed by atoms with E-state index in [1.54, 1.807) is 18.2 Å². The third-order valence-corrected chi connectivity index (χ3v) is 4.64. The van der Waals surface area contributed by atoms with Gasteiger partial charge < -0.3 is 11.1 Å². The molecule has 0 aliphatic heterocycles. The topological polar surface area (TPSA) is 55.1 Å². The Labute approximate surface area is 123 Å². The molecule has 0 atom stereocenters. The van der Waals surface area contributed by atoms with E-state index in [1.807, 2.05) is 0 Å². The quantitative estimate of drug-likeness (QED) is 0.835. The Morgan fingerprint density at radius 3 is 2.68 bits per heavy atom. The molecule has 0 radical (unpaired) electrons. The molecule has 3 N–H and O–H groups in total. The summed E-state index contributed by atoms with van der Waals surface area (Å²) >= 11 is 3.34. The molecule has 1 aliphatic rings. The summed E-state index contributed by atoms with van der Waals surface area (Å²) in [6.45, 7) is 3.09. The highest BCUT2D eigenvalue weighted by Crippen LogP contribution is 2.27. The van der Waals surface area contributed by atoms with Gasteiger partial charge in [-0.15, -0.1) is 0 Å². The molecule has 0 heterocycles. The van der Waals surface area contributed by atoms with Gasteiger partial charge in [0, 0.05) is 22.3 Å². The van der Waals surface area contributed by atoms with Crippen LogP contribution in [-0.4, -0.2) is 12.5 Å². The fraction of sp³-hybridized carbons (Fsp3) is 0.533. The first-order valence-corrected chi connectivity index (χ1v) is 7.68. The van der Waals surface area contributed by atoms with Gasteiger partial charge in [-0.1, -0.05) is 19.8 Å². The van der Waals surface area contributed by atoms with E-state index in [-0.39, 0.29) is 5.91 Å². The van der Waals surface area contributed by atoms with Crippen molar-refractivity contribution in [2.45, 2.75) is 32.6 Å². The van der Waals surface area contributed by atoms with E-state index in [2.05, 4.69) is 28.2 Å². The molecule has 0 aromatic heterocycles. The van der Waals surface area contributed by atoms with Crippen LogP contribution in [0.15, 0.2) is 22.7 Å². The van der Waals surface area contributed by atoms with Gasteiger partial charge in [0.2, 0.25) is 0 Å². The second-order valence-corrected chi connectivity index (χ2v) is 6.43. The van der Waals surface area contributed by atoms with Gasteiger partial charge in [-0.3, -0.25) is 4.79 Å². The largest absolute Gasteiger partial charge is 0.398 e. The summed E-state index contributed by atoms with van der Waals surface area (Å²) in [6.07, 6.45) is 5.03. The zero-order valence-corrected chi connectivity index (χ0v) is 12.9. The first-order chi connectivity index (χ1) is 9.06. The predicted octanol–water partition coefficient (Wildman–Crippen LogP) is 3.59. The highest BCUT2D eigenvalue weighted by atomic mass is 79.9. The number of benzene rings is 1. The van der Waals surface area contributed by atoms with Crippen LogP contribution in [0.25, 0.3) is 0 Å². The number of nitrogens with two attached hydrogens (primary N) is 1. The van der Waals surface area contributed by atoms with Gasteiger partial charge >= 0.3 is 0 Å². The van der Waals surface area contributed by atoms with Crippen molar-refractivity contribution < 1.29 is 4.79 Å². The normalized spacial score (nSPS) is 23.1. The van der Waals surface area contributed by atoms with E-state index in [9.17, 15) is 4.79 Å². The van der Waals surface area contributed by atoms with Gasteiger partial charge in [0.25, 0.3) is 5.91 Å². The lowest BCUT2D eigenvalue weighted by Crippen LogP contribution is -2.31. The van der Waals surface area contributed by atoms with Crippen LogP contribution in [-0.2, 0) is 0 Å². The van der Waals surface area contributed by atoms with E-state index in [0.717, 1.165) is 16.9 Å². The number of rotatable bonds is 3. The van der Waals surface area contributed by atoms with Crippen molar-refractivity contribution >= 4 is 27.5 Å². The first-order valence-electron chi connectivity index (χ1n) is 6.89. The van der Waals surface area contributed by atoms with Gasteiger partial charge in [-0.2, -0.15) is 0 Å². The van der Waals surface area contributed by atoms with E-state index in [4.69, 9.17) is 5.73 Å². The lowest BCUT2D eigenvalue weighted by molar-refractivity contribution is 0.0942. The summed E-state index contributed by atoms with van der Waals surface area (Å²) in [5.41, 5.74) is 7.02. The van der Waals surface area contributed by atoms with Crippen LogP contribution in [0.5, 0.6) is 0 Å². The molecular formula is C15H21BrN2O. The Hall–Kier alpha value is -1.03. The van der Waals surface area contributed by atoms with E-state index < -0.39 is 0 Å². The average Bonchev–Trinajstić information content (AvgIpc) is 2.41. The van der Waals surface area contributed by atoms with E-state index in [0.29, 0.717) is 17.2 Å². The molecule has 1 aromatic rings. The van der Waals surface area contributed by atoms with Crippen LogP contribution in [0.1, 0.15) is 43.0 Å². The number of carbonyl (C=O) groups excluding carboxylic acids is 1. The summed E-state index contributed by atoms with van der Waals surface area (Å²) < 4.78 is 0.770. The third kappa shape index (κ3) is 3.96. The van der Waals surface area contributed by atoms with Crippen LogP contribution in [0, 0.1) is 11.8 Å². The number of hydrogen-bond acceptors (Lipinski definition) is 2. The molecule has 1 amide bonds. The SMILES string of the molecule is CC1CCC(CNC(=O)c2ccc(N)c(Br)c2)CC1. The molecule has 0 spiro atoms. The molecule has 0 bridgehead atoms. The first kappa shape index (κ1) is 14.4. The van der Waals surface area contributed by atoms with Gasteiger partial charge in [0.1, 0.15) is 0 Å². The van der Waals surface area contributed by atoms with Crippen molar-refractivity contribution in [1.29, 1.82) is 0 Å². The summed E-state index contributed by atoms with van der Waals surface area (Å²) in [7, 11) is 0. The number of halogens is 1. The van der Waals surface area contributed by atoms with Crippen molar-refractivity contribution in [3.8, 4) is 0 Å². The Morgan fingerprint density at radius 2 is 2.05 bits per heavy atom. The molecule has 2 rings (SSSR count). The highest BCUT2D eigenvalue weighted by Gasteiger charge is 2.18. The zero-order chi connectivity index (χ0) is 13.8. The number of nitrogens with one attached hydrogen (secondary N) is 1. The average molecular weight is 325 g/mol. The monoisotopic (exact) mass is 324 g/mol. The molecule has 104 valence electrons. The predicted molar refractivity (Wildman–Crippen MR) is 82.0 cm³/mol. The molecule has 3 nitrogen and oxygen atoms in total. The molecule has 0 unspecified atom stereocenters. The molecule has 4 heteroatoms. The van der Waals surface area contributed by atoms with Crippen molar-refractivity contribution in [2.75, 3.05) is 12.3 Å². The van der Waals surface area contributed by atoms with Gasteiger partial charge in [0.05, 0.1) is 0 Å². The number of nitrogen functional groups attached to an aromatic ring is 1. The number of hydrogen-bond donors (Lipinski definition) is 2. The summed E-state index contributed by atoms with van der Waals surface area (Å²) in [6, 6.07) is 5.28. The van der Waals surface area contributed by atoms with Crippen LogP contribution in [0.3, 0.4) is 0 Å². The molecule has 1 aliphatic carbocycles. The Balaban J connectivity index is 1.85. The van der Waals surface area contributed by atoms with Crippen LogP contribution >= 0.6 is 15.9 Å². The molecule has 1 saturated carbocycles. The van der Waals surface area contributed by atoms with Crippen molar-refractivity contribution in [2.24, 2.45) is 11.8 Å². The maximum Gasteiger partial charge on any atom is 0.251 e. The fourth-order valence-electron chi connectivity index (χ4n) is 2.54. The summed E-state index contributed by atoms with van der Waals surface area (Å²) in [4.78, 5) is 12.0. The number of carbonyl (C=O) groups is 1. The smallest absolute Gasteiger partial charge is 0.251 e. The zero-order valence-electron chi connectivity index (χ0n) is 11.3. The highest BCUT2D eigenvalue weighted by molar-refractivity contribution is 9.10. The van der Waals surface area contributed by atoms with Gasteiger partial charge in [-0.05, 0) is 58.8 Å². The molecule has 1 fully saturated rings. The lowest BCUT2D eigenvalue weighted by atomic mass is 9.83. The second-order valence-electron chi connectivity index (χ2n) is 5.57. The van der Waals surface area contributed by atoms with Crippen LogP contribution < -0.4 is 11.1 Å². The van der Waals surface area contributed by atoms with Crippen molar-refractivity contribution in [3.63, 3.8) is 0 Å². The maximum absolute atomic E-state index is 12.0. The van der Waals surface area contributed by atoms with E-state index >= 15 is 0 Å². The summed E-state index contributed by atoms with van der Waals surface area (Å²) in [5.74, 6) is 1.47. The minimum atomic E-state index is -0.0145. The Morgan fingerprint density at radius 1 is 1.37 bits per heavy atom. The minimum absolute atomic E-state index is 0.0145. The van der Waals surface area contributed by atoms with Gasteiger partial charge in [-0.25, -0.2) is 0 Å². The van der Waals surface area contributed by atoms with Crippen molar-refractivity contribution in [3.05, 3.63) is 28.2 Å². The fourth-order valence-corrected chi connectivity index (χ4v) is 2.92. The number of amides is 1. The molecular weight excluding hydrogens is 304 g/mol. The third-order valence-electron chi connectivity index (χ3n) is 3.95. The second kappa shape index (κ2) is 6.42. The standard InChI is InChI=1S/C15H21BrN2O/c1-10-2-4-11(5-3-10)9-18-15(19)12-6-7-14(17)13(16)8-12/h6-8,10-11H,2-5,9,17H2,1H3,(H,18,19). The Bertz CT molecular complexity index is 453. The van der Waals surface area contributed by atoms with Gasteiger partial charge in [0.15, 0.2) is 0 Å². The van der Waals surface area contributed by atoms with Crippen LogP contribution in [0.2, 0.25) is 0 Å². The van der Waals surface area contributed by atoms with E-state index in [1.165, 1.54) is 25.7 Å². The molecule has 0 saturated heterocycles. The van der Waals surface area contributed by atoms with Crippen molar-refractivity contribution in [1.82, 2.24) is 5.32 Å². The summed E-state index contributed by atoms with van der Waals surface area (Å²) in [5, 5.41) is 3.03. The lowest BCUT2D eigenvalue weighted by Gasteiger charge is -2.26. The molecule has 19 heavy (non-hydrogen) atoms. The Kier molecular flexibility index (Phi) is 4.86. The van der Waals surface area contributed by atoms with Crippen LogP contribution in [0.4, 0.5) is 5.69 Å². The molecule has 1 aromatic carbocycles. The minimum Gasteiger partial charge on any atom is -0.398 e. The maximum atomic E-state index is 12.0. The number of anilines is 1.